The summed E-state index contributed by atoms with van der Waals surface area (Å²) in [6.45, 7) is 5.13. The number of aryl methyl sites for hydroxylation is 1. The normalized spacial score (nSPS) is 29.2. The second-order valence-corrected chi connectivity index (χ2v) is 14.8. The van der Waals surface area contributed by atoms with Crippen molar-refractivity contribution in [2.75, 3.05) is 18.6 Å². The summed E-state index contributed by atoms with van der Waals surface area (Å²) in [4.78, 5) is 21.5. The molecule has 5 aliphatic carbocycles. The Labute approximate surface area is 262 Å². The van der Waals surface area contributed by atoms with Gasteiger partial charge in [0, 0.05) is 24.2 Å². The van der Waals surface area contributed by atoms with E-state index in [9.17, 15) is 9.90 Å². The average molecular weight is 597 g/mol. The minimum absolute atomic E-state index is 0.0601. The van der Waals surface area contributed by atoms with Crippen LogP contribution in [0.1, 0.15) is 102 Å². The van der Waals surface area contributed by atoms with Gasteiger partial charge in [-0.05, 0) is 137 Å². The molecule has 3 aromatic rings. The third kappa shape index (κ3) is 5.25. The SMILES string of the molecule is COc1ccc(C23CCC(CN(C(=O)C4CCC(O)CC4)c4cccc(-c5cnn(C6(C)CCC6)c5)n4)(CC2)CC3)cc1C. The van der Waals surface area contributed by atoms with Crippen molar-refractivity contribution in [3.63, 3.8) is 0 Å². The van der Waals surface area contributed by atoms with E-state index in [0.29, 0.717) is 12.8 Å². The molecule has 8 rings (SSSR count). The van der Waals surface area contributed by atoms with Gasteiger partial charge in [0.1, 0.15) is 11.6 Å². The van der Waals surface area contributed by atoms with Gasteiger partial charge < -0.3 is 9.84 Å². The largest absolute Gasteiger partial charge is 0.496 e. The molecule has 234 valence electrons. The number of aliphatic hydroxyl groups is 1. The number of rotatable bonds is 8. The van der Waals surface area contributed by atoms with Crippen molar-refractivity contribution in [3.8, 4) is 17.0 Å². The summed E-state index contributed by atoms with van der Waals surface area (Å²) in [6, 6.07) is 12.9. The summed E-state index contributed by atoms with van der Waals surface area (Å²) in [5.74, 6) is 1.83. The molecule has 1 amide bonds. The van der Waals surface area contributed by atoms with E-state index in [0.717, 1.165) is 93.6 Å². The molecular formula is C37H48N4O3. The number of methoxy groups -OCH3 is 1. The van der Waals surface area contributed by atoms with Crippen LogP contribution in [0, 0.1) is 18.3 Å². The standard InChI is InChI=1S/C37H48N4O3/c1-26-22-29(10-13-32(26)44-3)37-19-16-36(17-20-37,18-21-37)25-40(34(43)27-8-11-30(42)12-9-27)33-7-4-6-31(39-33)28-23-38-41(24-28)35(2)14-5-15-35/h4,6-7,10,13,22-24,27,30,42H,5,8-9,11-12,14-21,25H2,1-3H3. The van der Waals surface area contributed by atoms with Gasteiger partial charge in [-0.3, -0.25) is 14.4 Å². The van der Waals surface area contributed by atoms with Crippen LogP contribution in [-0.2, 0) is 15.7 Å². The molecule has 1 aromatic carbocycles. The molecule has 0 aliphatic heterocycles. The molecule has 5 aliphatic rings. The highest BCUT2D eigenvalue weighted by Gasteiger charge is 2.51. The first kappa shape index (κ1) is 29.5. The zero-order valence-electron chi connectivity index (χ0n) is 26.7. The summed E-state index contributed by atoms with van der Waals surface area (Å²) in [6.07, 6.45) is 17.0. The lowest BCUT2D eigenvalue weighted by molar-refractivity contribution is -0.124. The van der Waals surface area contributed by atoms with Crippen LogP contribution in [0.2, 0.25) is 0 Å². The van der Waals surface area contributed by atoms with E-state index in [4.69, 9.17) is 14.8 Å². The minimum Gasteiger partial charge on any atom is -0.496 e. The first-order valence-electron chi connectivity index (χ1n) is 16.9. The van der Waals surface area contributed by atoms with Crippen LogP contribution < -0.4 is 9.64 Å². The molecule has 5 saturated carbocycles. The van der Waals surface area contributed by atoms with Crippen molar-refractivity contribution in [1.29, 1.82) is 0 Å². The zero-order valence-corrected chi connectivity index (χ0v) is 26.7. The molecule has 5 fully saturated rings. The van der Waals surface area contributed by atoms with Gasteiger partial charge >= 0.3 is 0 Å². The number of ether oxygens (including phenoxy) is 1. The predicted octanol–water partition coefficient (Wildman–Crippen LogP) is 7.34. The molecule has 2 bridgehead atoms. The molecule has 0 saturated heterocycles. The number of fused-ring (bicyclic) bond motifs is 3. The Balaban J connectivity index is 1.15. The van der Waals surface area contributed by atoms with Gasteiger partial charge in [-0.25, -0.2) is 4.98 Å². The quantitative estimate of drug-likeness (QED) is 0.294. The molecule has 7 nitrogen and oxygen atoms in total. The van der Waals surface area contributed by atoms with Crippen LogP contribution in [0.15, 0.2) is 48.8 Å². The van der Waals surface area contributed by atoms with E-state index in [2.05, 4.69) is 42.9 Å². The molecule has 7 heteroatoms. The van der Waals surface area contributed by atoms with Crippen molar-refractivity contribution < 1.29 is 14.6 Å². The fourth-order valence-electron chi connectivity index (χ4n) is 8.69. The van der Waals surface area contributed by atoms with Gasteiger partial charge in [0.25, 0.3) is 0 Å². The zero-order chi connectivity index (χ0) is 30.5. The van der Waals surface area contributed by atoms with Gasteiger partial charge in [0.05, 0.1) is 30.6 Å². The molecule has 1 N–H and O–H groups in total. The van der Waals surface area contributed by atoms with E-state index in [-0.39, 0.29) is 34.3 Å². The lowest BCUT2D eigenvalue weighted by Crippen LogP contribution is -2.52. The number of anilines is 1. The second kappa shape index (κ2) is 11.3. The summed E-state index contributed by atoms with van der Waals surface area (Å²) < 4.78 is 7.65. The number of aromatic nitrogens is 3. The maximum Gasteiger partial charge on any atom is 0.231 e. The van der Waals surface area contributed by atoms with Crippen LogP contribution in [0.5, 0.6) is 5.75 Å². The van der Waals surface area contributed by atoms with Crippen LogP contribution in [0.25, 0.3) is 11.3 Å². The number of benzene rings is 1. The van der Waals surface area contributed by atoms with Gasteiger partial charge in [-0.2, -0.15) is 5.10 Å². The van der Waals surface area contributed by atoms with E-state index < -0.39 is 0 Å². The number of carbonyl (C=O) groups excluding carboxylic acids is 1. The van der Waals surface area contributed by atoms with E-state index in [1.165, 1.54) is 17.5 Å². The molecule has 2 aromatic heterocycles. The minimum atomic E-state index is -0.284. The number of carbonyl (C=O) groups is 1. The highest BCUT2D eigenvalue weighted by atomic mass is 16.5. The van der Waals surface area contributed by atoms with Crippen LogP contribution >= 0.6 is 0 Å². The molecule has 0 radical (unpaired) electrons. The van der Waals surface area contributed by atoms with Crippen LogP contribution in [0.3, 0.4) is 0 Å². The number of pyridine rings is 1. The fourth-order valence-corrected chi connectivity index (χ4v) is 8.69. The van der Waals surface area contributed by atoms with Crippen molar-refractivity contribution in [2.45, 2.75) is 114 Å². The number of nitrogens with zero attached hydrogens (tertiary/aromatic N) is 4. The maximum absolute atomic E-state index is 14.3. The van der Waals surface area contributed by atoms with E-state index in [1.54, 1.807) is 7.11 Å². The summed E-state index contributed by atoms with van der Waals surface area (Å²) in [5.41, 5.74) is 4.95. The number of aliphatic hydroxyl groups excluding tert-OH is 1. The Hall–Kier alpha value is -3.19. The third-order valence-electron chi connectivity index (χ3n) is 12.1. The number of amides is 1. The Kier molecular flexibility index (Phi) is 7.59. The van der Waals surface area contributed by atoms with E-state index in [1.807, 2.05) is 29.3 Å². The van der Waals surface area contributed by atoms with E-state index >= 15 is 0 Å². The smallest absolute Gasteiger partial charge is 0.231 e. The number of hydrogen-bond acceptors (Lipinski definition) is 5. The van der Waals surface area contributed by atoms with Crippen molar-refractivity contribution in [1.82, 2.24) is 14.8 Å². The Morgan fingerprint density at radius 2 is 1.75 bits per heavy atom. The van der Waals surface area contributed by atoms with Crippen molar-refractivity contribution in [3.05, 3.63) is 59.9 Å². The summed E-state index contributed by atoms with van der Waals surface area (Å²) >= 11 is 0. The van der Waals surface area contributed by atoms with Crippen molar-refractivity contribution >= 4 is 11.7 Å². The second-order valence-electron chi connectivity index (χ2n) is 14.8. The molecule has 0 unspecified atom stereocenters. The molecule has 44 heavy (non-hydrogen) atoms. The average Bonchev–Trinajstić information content (AvgIpc) is 3.54. The van der Waals surface area contributed by atoms with Crippen molar-refractivity contribution in [2.24, 2.45) is 11.3 Å². The lowest BCUT2D eigenvalue weighted by atomic mass is 9.51. The molecule has 0 spiro atoms. The van der Waals surface area contributed by atoms with Gasteiger partial charge in [-0.1, -0.05) is 18.2 Å². The van der Waals surface area contributed by atoms with Crippen LogP contribution in [0.4, 0.5) is 5.82 Å². The molecule has 2 heterocycles. The van der Waals surface area contributed by atoms with Crippen LogP contribution in [-0.4, -0.2) is 45.5 Å². The Morgan fingerprint density at radius 1 is 1.02 bits per heavy atom. The highest BCUT2D eigenvalue weighted by molar-refractivity contribution is 5.94. The van der Waals surface area contributed by atoms with Gasteiger partial charge in [0.15, 0.2) is 0 Å². The third-order valence-corrected chi connectivity index (χ3v) is 12.1. The van der Waals surface area contributed by atoms with Gasteiger partial charge in [-0.15, -0.1) is 0 Å². The fraction of sp³-hybridized carbons (Fsp3) is 0.595. The summed E-state index contributed by atoms with van der Waals surface area (Å²) in [5, 5.41) is 14.9. The highest BCUT2D eigenvalue weighted by Crippen LogP contribution is 2.58. The summed E-state index contributed by atoms with van der Waals surface area (Å²) in [7, 11) is 1.74. The first-order valence-corrected chi connectivity index (χ1v) is 16.9. The topological polar surface area (TPSA) is 80.5 Å². The number of hydrogen-bond donors (Lipinski definition) is 1. The Morgan fingerprint density at radius 3 is 2.39 bits per heavy atom. The first-order chi connectivity index (χ1) is 21.2. The molecule has 0 atom stereocenters. The molecular weight excluding hydrogens is 548 g/mol. The maximum atomic E-state index is 14.3. The lowest BCUT2D eigenvalue weighted by Gasteiger charge is -2.55. The van der Waals surface area contributed by atoms with Gasteiger partial charge in [0.2, 0.25) is 5.91 Å². The predicted molar refractivity (Wildman–Crippen MR) is 173 cm³/mol. The Bertz CT molecular complexity index is 1490. The monoisotopic (exact) mass is 596 g/mol.